The Hall–Kier alpha value is -1.02. The smallest absolute Gasteiger partial charge is 0.134 e. The van der Waals surface area contributed by atoms with Gasteiger partial charge in [-0.15, -0.1) is 0 Å². The third-order valence-electron chi connectivity index (χ3n) is 2.24. The molecule has 2 rings (SSSR count). The van der Waals surface area contributed by atoms with Gasteiger partial charge < -0.3 is 4.42 Å². The average Bonchev–Trinajstić information content (AvgIpc) is 2.70. The molecule has 0 radical (unpaired) electrons. The lowest BCUT2D eigenvalue weighted by atomic mass is 10.0. The highest BCUT2D eigenvalue weighted by Gasteiger charge is 2.06. The van der Waals surface area contributed by atoms with Crippen molar-refractivity contribution >= 4 is 15.9 Å². The molecule has 1 nitrogen and oxygen atoms in total. The van der Waals surface area contributed by atoms with Crippen LogP contribution in [0.3, 0.4) is 0 Å². The van der Waals surface area contributed by atoms with E-state index in [0.29, 0.717) is 0 Å². The second-order valence-electron chi connectivity index (χ2n) is 3.13. The van der Waals surface area contributed by atoms with Crippen molar-refractivity contribution in [3.8, 4) is 11.3 Å². The van der Waals surface area contributed by atoms with E-state index in [1.807, 2.05) is 12.1 Å². The molecule has 0 amide bonds. The normalized spacial score (nSPS) is 10.4. The molecule has 0 aliphatic carbocycles. The summed E-state index contributed by atoms with van der Waals surface area (Å²) in [6.45, 7) is 2.15. The Balaban J connectivity index is 2.55. The molecule has 0 unspecified atom stereocenters. The number of benzene rings is 1. The third kappa shape index (κ3) is 1.75. The molecule has 0 saturated heterocycles. The fourth-order valence-corrected chi connectivity index (χ4v) is 1.88. The summed E-state index contributed by atoms with van der Waals surface area (Å²) in [6, 6.07) is 10.2. The molecule has 0 aliphatic rings. The standard InChI is InChI=1S/C12H11BrO/c1-2-9-5-6-10(13)8-11(9)12-4-3-7-14-12/h3-8H,2H2,1H3. The van der Waals surface area contributed by atoms with Gasteiger partial charge in [0, 0.05) is 10.0 Å². The lowest BCUT2D eigenvalue weighted by Crippen LogP contribution is -1.85. The summed E-state index contributed by atoms with van der Waals surface area (Å²) in [5.74, 6) is 0.933. The predicted molar refractivity (Wildman–Crippen MR) is 61.2 cm³/mol. The number of hydrogen-bond donors (Lipinski definition) is 0. The Kier molecular flexibility index (Phi) is 2.73. The van der Waals surface area contributed by atoms with Crippen molar-refractivity contribution in [3.05, 3.63) is 46.6 Å². The number of halogens is 1. The molecule has 0 saturated carbocycles. The van der Waals surface area contributed by atoms with Gasteiger partial charge in [0.05, 0.1) is 6.26 Å². The van der Waals surface area contributed by atoms with Crippen LogP contribution in [0.2, 0.25) is 0 Å². The van der Waals surface area contributed by atoms with Gasteiger partial charge in [0.2, 0.25) is 0 Å². The van der Waals surface area contributed by atoms with Crippen molar-refractivity contribution in [2.75, 3.05) is 0 Å². The Morgan fingerprint density at radius 2 is 2.14 bits per heavy atom. The Labute approximate surface area is 91.9 Å². The largest absolute Gasteiger partial charge is 0.464 e. The zero-order chi connectivity index (χ0) is 9.97. The van der Waals surface area contributed by atoms with E-state index in [-0.39, 0.29) is 0 Å². The van der Waals surface area contributed by atoms with Crippen LogP contribution in [-0.2, 0) is 6.42 Å². The summed E-state index contributed by atoms with van der Waals surface area (Å²) in [4.78, 5) is 0. The van der Waals surface area contributed by atoms with E-state index < -0.39 is 0 Å². The number of hydrogen-bond acceptors (Lipinski definition) is 1. The maximum absolute atomic E-state index is 5.40. The Morgan fingerprint density at radius 3 is 2.79 bits per heavy atom. The van der Waals surface area contributed by atoms with Crippen molar-refractivity contribution in [2.45, 2.75) is 13.3 Å². The van der Waals surface area contributed by atoms with E-state index in [2.05, 4.69) is 41.1 Å². The first kappa shape index (κ1) is 9.53. The first-order chi connectivity index (χ1) is 6.81. The molecular formula is C12H11BrO. The monoisotopic (exact) mass is 250 g/mol. The van der Waals surface area contributed by atoms with Gasteiger partial charge in [-0.3, -0.25) is 0 Å². The molecule has 2 aromatic rings. The summed E-state index contributed by atoms with van der Waals surface area (Å²) >= 11 is 3.47. The van der Waals surface area contributed by atoms with Crippen molar-refractivity contribution in [1.29, 1.82) is 0 Å². The highest BCUT2D eigenvalue weighted by molar-refractivity contribution is 9.10. The zero-order valence-corrected chi connectivity index (χ0v) is 9.54. The van der Waals surface area contributed by atoms with E-state index >= 15 is 0 Å². The fraction of sp³-hybridized carbons (Fsp3) is 0.167. The van der Waals surface area contributed by atoms with Crippen molar-refractivity contribution < 1.29 is 4.42 Å². The van der Waals surface area contributed by atoms with Crippen LogP contribution in [0.15, 0.2) is 45.5 Å². The van der Waals surface area contributed by atoms with Gasteiger partial charge in [-0.05, 0) is 36.2 Å². The van der Waals surface area contributed by atoms with Crippen LogP contribution in [0, 0.1) is 0 Å². The summed E-state index contributed by atoms with van der Waals surface area (Å²) in [5, 5.41) is 0. The maximum Gasteiger partial charge on any atom is 0.134 e. The lowest BCUT2D eigenvalue weighted by molar-refractivity contribution is 0.581. The van der Waals surface area contributed by atoms with Crippen LogP contribution < -0.4 is 0 Å². The van der Waals surface area contributed by atoms with E-state index in [1.54, 1.807) is 6.26 Å². The van der Waals surface area contributed by atoms with E-state index in [1.165, 1.54) is 11.1 Å². The summed E-state index contributed by atoms with van der Waals surface area (Å²) in [7, 11) is 0. The van der Waals surface area contributed by atoms with Crippen molar-refractivity contribution in [3.63, 3.8) is 0 Å². The molecule has 0 bridgehead atoms. The van der Waals surface area contributed by atoms with Crippen molar-refractivity contribution in [2.24, 2.45) is 0 Å². The first-order valence-corrected chi connectivity index (χ1v) is 5.43. The highest BCUT2D eigenvalue weighted by Crippen LogP contribution is 2.27. The maximum atomic E-state index is 5.40. The van der Waals surface area contributed by atoms with E-state index in [9.17, 15) is 0 Å². The molecule has 1 aromatic carbocycles. The minimum atomic E-state index is 0.933. The second-order valence-corrected chi connectivity index (χ2v) is 4.05. The Morgan fingerprint density at radius 1 is 1.29 bits per heavy atom. The Bertz CT molecular complexity index is 418. The number of rotatable bonds is 2. The van der Waals surface area contributed by atoms with E-state index in [4.69, 9.17) is 4.42 Å². The molecule has 1 aromatic heterocycles. The van der Waals surface area contributed by atoms with Crippen molar-refractivity contribution in [1.82, 2.24) is 0 Å². The van der Waals surface area contributed by atoms with Crippen LogP contribution in [0.1, 0.15) is 12.5 Å². The third-order valence-corrected chi connectivity index (χ3v) is 2.73. The van der Waals surface area contributed by atoms with Gasteiger partial charge in [-0.1, -0.05) is 28.9 Å². The molecule has 0 spiro atoms. The molecule has 0 aliphatic heterocycles. The first-order valence-electron chi connectivity index (χ1n) is 4.63. The minimum absolute atomic E-state index is 0.933. The molecule has 2 heteroatoms. The van der Waals surface area contributed by atoms with Gasteiger partial charge in [0.15, 0.2) is 0 Å². The molecule has 0 atom stereocenters. The van der Waals surface area contributed by atoms with E-state index in [0.717, 1.165) is 16.7 Å². The lowest BCUT2D eigenvalue weighted by Gasteiger charge is -2.05. The predicted octanol–water partition coefficient (Wildman–Crippen LogP) is 4.27. The van der Waals surface area contributed by atoms with Gasteiger partial charge in [0.25, 0.3) is 0 Å². The number of furan rings is 1. The summed E-state index contributed by atoms with van der Waals surface area (Å²) < 4.78 is 6.48. The van der Waals surface area contributed by atoms with Crippen LogP contribution in [0.25, 0.3) is 11.3 Å². The van der Waals surface area contributed by atoms with Crippen LogP contribution in [-0.4, -0.2) is 0 Å². The van der Waals surface area contributed by atoms with Crippen LogP contribution in [0.4, 0.5) is 0 Å². The van der Waals surface area contributed by atoms with Gasteiger partial charge in [0.1, 0.15) is 5.76 Å². The summed E-state index contributed by atoms with van der Waals surface area (Å²) in [5.41, 5.74) is 2.48. The van der Waals surface area contributed by atoms with Crippen LogP contribution >= 0.6 is 15.9 Å². The molecule has 1 heterocycles. The second kappa shape index (κ2) is 4.01. The average molecular weight is 251 g/mol. The van der Waals surface area contributed by atoms with Crippen LogP contribution in [0.5, 0.6) is 0 Å². The SMILES string of the molecule is CCc1ccc(Br)cc1-c1ccco1. The van der Waals surface area contributed by atoms with Gasteiger partial charge in [-0.2, -0.15) is 0 Å². The molecule has 14 heavy (non-hydrogen) atoms. The molecule has 0 N–H and O–H groups in total. The quantitative estimate of drug-likeness (QED) is 0.776. The topological polar surface area (TPSA) is 13.1 Å². The van der Waals surface area contributed by atoms with Gasteiger partial charge in [-0.25, -0.2) is 0 Å². The summed E-state index contributed by atoms with van der Waals surface area (Å²) in [6.07, 6.45) is 2.72. The van der Waals surface area contributed by atoms with Gasteiger partial charge >= 0.3 is 0 Å². The highest BCUT2D eigenvalue weighted by atomic mass is 79.9. The minimum Gasteiger partial charge on any atom is -0.464 e. The fourth-order valence-electron chi connectivity index (χ4n) is 1.52. The molecular weight excluding hydrogens is 240 g/mol. The zero-order valence-electron chi connectivity index (χ0n) is 7.96. The molecule has 72 valence electrons. The molecule has 0 fully saturated rings. The number of aryl methyl sites for hydroxylation is 1.